The molecule has 106 valence electrons. The number of carbonyl (C=O) groups excluding carboxylic acids is 1. The predicted octanol–water partition coefficient (Wildman–Crippen LogP) is 2.44. The molecule has 0 atom stereocenters. The molecule has 1 N–H and O–H groups in total. The Morgan fingerprint density at radius 3 is 2.16 bits per heavy atom. The van der Waals surface area contributed by atoms with Gasteiger partial charge < -0.3 is 9.88 Å². The predicted molar refractivity (Wildman–Crippen MR) is 77.4 cm³/mol. The van der Waals surface area contributed by atoms with Gasteiger partial charge in [-0.1, -0.05) is 27.7 Å². The number of hydrogen-bond donors (Lipinski definition) is 1. The van der Waals surface area contributed by atoms with Crippen molar-refractivity contribution in [1.29, 1.82) is 0 Å². The highest BCUT2D eigenvalue weighted by Gasteiger charge is 2.20. The van der Waals surface area contributed by atoms with Gasteiger partial charge in [0, 0.05) is 31.0 Å². The second-order valence-electron chi connectivity index (χ2n) is 5.89. The molecule has 0 bridgehead atoms. The van der Waals surface area contributed by atoms with E-state index < -0.39 is 0 Å². The van der Waals surface area contributed by atoms with Gasteiger partial charge in [-0.15, -0.1) is 0 Å². The normalized spacial score (nSPS) is 11.1. The number of rotatable bonds is 5. The van der Waals surface area contributed by atoms with Crippen molar-refractivity contribution in [2.45, 2.75) is 34.6 Å². The number of nitrogens with one attached hydrogen (secondary N) is 1. The van der Waals surface area contributed by atoms with Crippen LogP contribution in [0.3, 0.4) is 0 Å². The summed E-state index contributed by atoms with van der Waals surface area (Å²) >= 11 is 0. The molecular weight excluding hydrogens is 240 g/mol. The first-order chi connectivity index (χ1) is 8.81. The summed E-state index contributed by atoms with van der Waals surface area (Å²) in [5.41, 5.74) is 0.784. The molecule has 0 saturated heterocycles. The molecule has 1 amide bonds. The Bertz CT molecular complexity index is 479. The van der Waals surface area contributed by atoms with Crippen LogP contribution in [0.25, 0.3) is 0 Å². The fraction of sp³-hybridized carbons (Fsp3) is 0.600. The summed E-state index contributed by atoms with van der Waals surface area (Å²) in [6.07, 6.45) is 1.52. The second kappa shape index (κ2) is 6.55. The average molecular weight is 264 g/mol. The maximum absolute atomic E-state index is 12.5. The van der Waals surface area contributed by atoms with Gasteiger partial charge in [0.25, 0.3) is 5.91 Å². The van der Waals surface area contributed by atoms with Crippen LogP contribution >= 0.6 is 0 Å². The maximum Gasteiger partial charge on any atom is 0.259 e. The van der Waals surface area contributed by atoms with Crippen LogP contribution in [0.1, 0.15) is 43.7 Å². The lowest BCUT2D eigenvalue weighted by Crippen LogP contribution is -2.39. The van der Waals surface area contributed by atoms with E-state index in [-0.39, 0.29) is 16.9 Å². The molecule has 4 nitrogen and oxygen atoms in total. The van der Waals surface area contributed by atoms with E-state index in [1.54, 1.807) is 11.8 Å². The van der Waals surface area contributed by atoms with Crippen LogP contribution < -0.4 is 5.43 Å². The van der Waals surface area contributed by atoms with Gasteiger partial charge in [0.2, 0.25) is 0 Å². The fourth-order valence-electron chi connectivity index (χ4n) is 2.03. The lowest BCUT2D eigenvalue weighted by Gasteiger charge is -2.26. The molecule has 0 fully saturated rings. The lowest BCUT2D eigenvalue weighted by atomic mass is 10.1. The summed E-state index contributed by atoms with van der Waals surface area (Å²) < 4.78 is 0. The molecule has 0 spiro atoms. The number of amides is 1. The van der Waals surface area contributed by atoms with E-state index in [0.717, 1.165) is 5.69 Å². The van der Waals surface area contributed by atoms with Crippen molar-refractivity contribution in [2.24, 2.45) is 11.8 Å². The van der Waals surface area contributed by atoms with E-state index >= 15 is 0 Å². The van der Waals surface area contributed by atoms with E-state index in [1.165, 1.54) is 12.3 Å². The minimum Gasteiger partial charge on any atom is -0.364 e. The quantitative estimate of drug-likeness (QED) is 0.888. The molecule has 0 aromatic carbocycles. The van der Waals surface area contributed by atoms with Gasteiger partial charge in [-0.25, -0.2) is 0 Å². The number of aromatic amines is 1. The highest BCUT2D eigenvalue weighted by Crippen LogP contribution is 2.08. The molecular formula is C15H24N2O2. The Morgan fingerprint density at radius 2 is 1.74 bits per heavy atom. The molecule has 1 rings (SSSR count). The van der Waals surface area contributed by atoms with E-state index in [0.29, 0.717) is 24.9 Å². The largest absolute Gasteiger partial charge is 0.364 e. The van der Waals surface area contributed by atoms with Crippen molar-refractivity contribution in [3.8, 4) is 0 Å². The van der Waals surface area contributed by atoms with Crippen LogP contribution in [0.4, 0.5) is 0 Å². The second-order valence-corrected chi connectivity index (χ2v) is 5.89. The molecule has 0 aliphatic rings. The van der Waals surface area contributed by atoms with Crippen molar-refractivity contribution < 1.29 is 4.79 Å². The Hall–Kier alpha value is -1.58. The van der Waals surface area contributed by atoms with Crippen molar-refractivity contribution in [1.82, 2.24) is 9.88 Å². The smallest absolute Gasteiger partial charge is 0.259 e. The maximum atomic E-state index is 12.5. The third-order valence-electron chi connectivity index (χ3n) is 2.75. The summed E-state index contributed by atoms with van der Waals surface area (Å²) in [7, 11) is 0. The molecule has 4 heteroatoms. The molecule has 0 saturated carbocycles. The number of hydrogen-bond acceptors (Lipinski definition) is 2. The summed E-state index contributed by atoms with van der Waals surface area (Å²) in [5.74, 6) is 0.586. The van der Waals surface area contributed by atoms with Crippen LogP contribution in [0.2, 0.25) is 0 Å². The van der Waals surface area contributed by atoms with E-state index in [1.807, 2.05) is 0 Å². The summed E-state index contributed by atoms with van der Waals surface area (Å²) in [6, 6.07) is 1.47. The third kappa shape index (κ3) is 4.54. The Morgan fingerprint density at radius 1 is 1.21 bits per heavy atom. The molecule has 0 radical (unpaired) electrons. The number of aromatic nitrogens is 1. The zero-order valence-electron chi connectivity index (χ0n) is 12.5. The molecule has 1 aromatic heterocycles. The Balaban J connectivity index is 3.01. The van der Waals surface area contributed by atoms with Gasteiger partial charge >= 0.3 is 0 Å². The van der Waals surface area contributed by atoms with Crippen LogP contribution in [0.15, 0.2) is 17.1 Å². The molecule has 0 unspecified atom stereocenters. The van der Waals surface area contributed by atoms with Crippen LogP contribution in [-0.4, -0.2) is 28.9 Å². The van der Waals surface area contributed by atoms with Gasteiger partial charge in [0.1, 0.15) is 5.56 Å². The highest BCUT2D eigenvalue weighted by atomic mass is 16.2. The van der Waals surface area contributed by atoms with Gasteiger partial charge in [-0.05, 0) is 18.8 Å². The SMILES string of the molecule is Cc1cc(=O)c(C(=O)N(CC(C)C)CC(C)C)c[nH]1. The average Bonchev–Trinajstić information content (AvgIpc) is 2.26. The van der Waals surface area contributed by atoms with Crippen molar-refractivity contribution in [3.63, 3.8) is 0 Å². The van der Waals surface area contributed by atoms with E-state index in [4.69, 9.17) is 0 Å². The third-order valence-corrected chi connectivity index (χ3v) is 2.75. The molecule has 0 aliphatic heterocycles. The zero-order chi connectivity index (χ0) is 14.6. The number of aryl methyl sites for hydroxylation is 1. The minimum absolute atomic E-state index is 0.177. The standard InChI is InChI=1S/C15H24N2O2/c1-10(2)8-17(9-11(3)4)15(19)13-7-16-12(5)6-14(13)18/h6-7,10-11H,8-9H2,1-5H3,(H,16,18). The van der Waals surface area contributed by atoms with Gasteiger partial charge in [0.15, 0.2) is 5.43 Å². The van der Waals surface area contributed by atoms with Gasteiger partial charge in [-0.3, -0.25) is 9.59 Å². The van der Waals surface area contributed by atoms with Crippen molar-refractivity contribution in [3.05, 3.63) is 33.7 Å². The topological polar surface area (TPSA) is 53.2 Å². The summed E-state index contributed by atoms with van der Waals surface area (Å²) in [4.78, 5) is 29.1. The van der Waals surface area contributed by atoms with E-state index in [2.05, 4.69) is 32.7 Å². The number of pyridine rings is 1. The Kier molecular flexibility index (Phi) is 5.33. The van der Waals surface area contributed by atoms with Crippen molar-refractivity contribution in [2.75, 3.05) is 13.1 Å². The zero-order valence-corrected chi connectivity index (χ0v) is 12.5. The number of carbonyl (C=O) groups is 1. The van der Waals surface area contributed by atoms with E-state index in [9.17, 15) is 9.59 Å². The highest BCUT2D eigenvalue weighted by molar-refractivity contribution is 5.93. The summed E-state index contributed by atoms with van der Waals surface area (Å²) in [5, 5.41) is 0. The molecule has 1 aromatic rings. The monoisotopic (exact) mass is 264 g/mol. The first-order valence-corrected chi connectivity index (χ1v) is 6.79. The van der Waals surface area contributed by atoms with Crippen LogP contribution in [0, 0.1) is 18.8 Å². The summed E-state index contributed by atoms with van der Waals surface area (Å²) in [6.45, 7) is 11.4. The number of nitrogens with zero attached hydrogens (tertiary/aromatic N) is 1. The first-order valence-electron chi connectivity index (χ1n) is 6.79. The molecule has 0 aliphatic carbocycles. The molecule has 1 heterocycles. The Labute approximate surface area is 114 Å². The minimum atomic E-state index is -0.209. The lowest BCUT2D eigenvalue weighted by molar-refractivity contribution is 0.0713. The molecule has 19 heavy (non-hydrogen) atoms. The van der Waals surface area contributed by atoms with Crippen molar-refractivity contribution >= 4 is 5.91 Å². The number of H-pyrrole nitrogens is 1. The fourth-order valence-corrected chi connectivity index (χ4v) is 2.03. The van der Waals surface area contributed by atoms with Crippen LogP contribution in [0.5, 0.6) is 0 Å². The van der Waals surface area contributed by atoms with Gasteiger partial charge in [-0.2, -0.15) is 0 Å². The van der Waals surface area contributed by atoms with Crippen LogP contribution in [-0.2, 0) is 0 Å². The van der Waals surface area contributed by atoms with Gasteiger partial charge in [0.05, 0.1) is 0 Å². The first kappa shape index (κ1) is 15.5.